The molecule has 30 heavy (non-hydrogen) atoms. The average molecular weight is 427 g/mol. The minimum atomic E-state index is -0.180. The summed E-state index contributed by atoms with van der Waals surface area (Å²) in [4.78, 5) is 50.7. The van der Waals surface area contributed by atoms with Crippen molar-refractivity contribution in [3.63, 3.8) is 0 Å². The summed E-state index contributed by atoms with van der Waals surface area (Å²) in [7, 11) is 0. The lowest BCUT2D eigenvalue weighted by Crippen LogP contribution is -2.43. The van der Waals surface area contributed by atoms with Crippen molar-refractivity contribution >= 4 is 23.2 Å². The zero-order valence-electron chi connectivity index (χ0n) is 17.1. The number of rotatable bonds is 3. The van der Waals surface area contributed by atoms with Gasteiger partial charge in [-0.05, 0) is 49.5 Å². The summed E-state index contributed by atoms with van der Waals surface area (Å²) in [6, 6.07) is 3.51. The molecule has 158 valence electrons. The molecule has 2 aliphatic heterocycles. The van der Waals surface area contributed by atoms with Crippen LogP contribution in [0.4, 0.5) is 0 Å². The van der Waals surface area contributed by atoms with Gasteiger partial charge in [0.25, 0.3) is 11.5 Å². The monoisotopic (exact) mass is 426 g/mol. The van der Waals surface area contributed by atoms with Gasteiger partial charge in [-0.3, -0.25) is 14.4 Å². The average Bonchev–Trinajstić information content (AvgIpc) is 3.25. The molecule has 1 saturated heterocycles. The van der Waals surface area contributed by atoms with Crippen molar-refractivity contribution in [2.45, 2.75) is 51.6 Å². The third-order valence-corrected chi connectivity index (χ3v) is 7.50. The first-order chi connectivity index (χ1) is 14.5. The number of carbonyl (C=O) groups is 2. The summed E-state index contributed by atoms with van der Waals surface area (Å²) in [5, 5.41) is 1.89. The van der Waals surface area contributed by atoms with E-state index in [1.165, 1.54) is 11.3 Å². The largest absolute Gasteiger partial charge is 0.332 e. The highest BCUT2D eigenvalue weighted by atomic mass is 32.1. The molecule has 2 aromatic heterocycles. The van der Waals surface area contributed by atoms with Gasteiger partial charge in [0.2, 0.25) is 5.91 Å². The number of thiophene rings is 1. The summed E-state index contributed by atoms with van der Waals surface area (Å²) in [6.45, 7) is 3.68. The fourth-order valence-electron chi connectivity index (χ4n) is 4.70. The second-order valence-corrected chi connectivity index (χ2v) is 9.64. The standard InChI is InChI=1S/C22H26N4O3S/c1-13-11-15(13)21(28)26-8-3-2-5-17(26)19-23-16-12-25(9-7-14(16)20(27)24-19)22(29)18-6-4-10-30-18/h4,6,10,13,15,17H,2-3,5,7-9,11-12H2,1H3,(H,23,24,27)/t13-,15+,17+/m1/s1. The molecule has 5 rings (SSSR count). The Morgan fingerprint density at radius 3 is 2.83 bits per heavy atom. The summed E-state index contributed by atoms with van der Waals surface area (Å²) in [6.07, 6.45) is 4.27. The second kappa shape index (κ2) is 7.65. The van der Waals surface area contributed by atoms with E-state index in [1.54, 1.807) is 4.90 Å². The smallest absolute Gasteiger partial charge is 0.264 e. The zero-order chi connectivity index (χ0) is 20.8. The third kappa shape index (κ3) is 3.47. The topological polar surface area (TPSA) is 86.4 Å². The first-order valence-corrected chi connectivity index (χ1v) is 11.7. The number of piperidine rings is 1. The molecule has 0 aromatic carbocycles. The Hall–Kier alpha value is -2.48. The van der Waals surface area contributed by atoms with Gasteiger partial charge in [0.05, 0.1) is 23.2 Å². The Morgan fingerprint density at radius 2 is 2.10 bits per heavy atom. The molecule has 2 aromatic rings. The first kappa shape index (κ1) is 19.5. The predicted octanol–water partition coefficient (Wildman–Crippen LogP) is 2.74. The van der Waals surface area contributed by atoms with Crippen LogP contribution in [0, 0.1) is 11.8 Å². The van der Waals surface area contributed by atoms with E-state index in [9.17, 15) is 14.4 Å². The third-order valence-electron chi connectivity index (χ3n) is 6.64. The van der Waals surface area contributed by atoms with E-state index < -0.39 is 0 Å². The van der Waals surface area contributed by atoms with E-state index in [0.717, 1.165) is 32.2 Å². The number of nitrogens with zero attached hydrogens (tertiary/aromatic N) is 3. The molecular weight excluding hydrogens is 400 g/mol. The van der Waals surface area contributed by atoms with Crippen LogP contribution in [0.15, 0.2) is 22.3 Å². The van der Waals surface area contributed by atoms with E-state index in [1.807, 2.05) is 22.4 Å². The Bertz CT molecular complexity index is 1030. The molecule has 7 nitrogen and oxygen atoms in total. The minimum Gasteiger partial charge on any atom is -0.332 e. The van der Waals surface area contributed by atoms with Crippen LogP contribution in [-0.2, 0) is 17.8 Å². The Labute approximate surface area is 179 Å². The lowest BCUT2D eigenvalue weighted by atomic mass is 9.99. The lowest BCUT2D eigenvalue weighted by Gasteiger charge is -2.36. The molecule has 4 heterocycles. The Balaban J connectivity index is 1.42. The summed E-state index contributed by atoms with van der Waals surface area (Å²) in [5.41, 5.74) is 1.21. The summed E-state index contributed by atoms with van der Waals surface area (Å²) >= 11 is 1.42. The van der Waals surface area contributed by atoms with Crippen LogP contribution in [0.1, 0.15) is 65.4 Å². The van der Waals surface area contributed by atoms with Crippen LogP contribution >= 0.6 is 11.3 Å². The molecule has 2 amide bonds. The number of H-pyrrole nitrogens is 1. The number of fused-ring (bicyclic) bond motifs is 1. The normalized spacial score (nSPS) is 25.7. The predicted molar refractivity (Wildman–Crippen MR) is 113 cm³/mol. The van der Waals surface area contributed by atoms with Gasteiger partial charge in [-0.25, -0.2) is 4.98 Å². The quantitative estimate of drug-likeness (QED) is 0.818. The highest BCUT2D eigenvalue weighted by Crippen LogP contribution is 2.42. The molecule has 3 atom stereocenters. The van der Waals surface area contributed by atoms with Crippen molar-refractivity contribution in [1.29, 1.82) is 0 Å². The molecule has 1 N–H and O–H groups in total. The van der Waals surface area contributed by atoms with Gasteiger partial charge in [0.15, 0.2) is 0 Å². The fourth-order valence-corrected chi connectivity index (χ4v) is 5.40. The van der Waals surface area contributed by atoms with Crippen molar-refractivity contribution in [2.75, 3.05) is 13.1 Å². The van der Waals surface area contributed by atoms with E-state index in [4.69, 9.17) is 4.98 Å². The van der Waals surface area contributed by atoms with Gasteiger partial charge >= 0.3 is 0 Å². The molecule has 0 spiro atoms. The summed E-state index contributed by atoms with van der Waals surface area (Å²) in [5.74, 6) is 1.32. The number of likely N-dealkylation sites (tertiary alicyclic amines) is 1. The molecule has 3 aliphatic rings. The van der Waals surface area contributed by atoms with Crippen LogP contribution in [0.2, 0.25) is 0 Å². The van der Waals surface area contributed by atoms with Gasteiger partial charge in [0.1, 0.15) is 5.82 Å². The van der Waals surface area contributed by atoms with Crippen LogP contribution in [-0.4, -0.2) is 44.7 Å². The highest BCUT2D eigenvalue weighted by molar-refractivity contribution is 7.12. The SMILES string of the molecule is C[C@@H]1C[C@@H]1C(=O)N1CCCC[C@H]1c1nc2c(c(=O)[nH]1)CCN(C(=O)c1cccs1)C2. The molecule has 1 aliphatic carbocycles. The maximum Gasteiger partial charge on any atom is 0.264 e. The van der Waals surface area contributed by atoms with E-state index >= 15 is 0 Å². The number of aromatic amines is 1. The molecule has 0 bridgehead atoms. The van der Waals surface area contributed by atoms with E-state index in [0.29, 0.717) is 47.4 Å². The van der Waals surface area contributed by atoms with Crippen molar-refractivity contribution in [1.82, 2.24) is 19.8 Å². The highest BCUT2D eigenvalue weighted by Gasteiger charge is 2.44. The van der Waals surface area contributed by atoms with Gasteiger partial charge in [-0.2, -0.15) is 0 Å². The number of aromatic nitrogens is 2. The van der Waals surface area contributed by atoms with Crippen LogP contribution in [0.5, 0.6) is 0 Å². The molecular formula is C22H26N4O3S. The second-order valence-electron chi connectivity index (χ2n) is 8.69. The van der Waals surface area contributed by atoms with Gasteiger partial charge in [-0.15, -0.1) is 11.3 Å². The number of hydrogen-bond acceptors (Lipinski definition) is 5. The van der Waals surface area contributed by atoms with Gasteiger partial charge in [0, 0.05) is 24.6 Å². The lowest BCUT2D eigenvalue weighted by molar-refractivity contribution is -0.137. The number of hydrogen-bond donors (Lipinski definition) is 1. The van der Waals surface area contributed by atoms with Crippen LogP contribution in [0.25, 0.3) is 0 Å². The number of carbonyl (C=O) groups excluding carboxylic acids is 2. The molecule has 0 unspecified atom stereocenters. The van der Waals surface area contributed by atoms with Crippen molar-refractivity contribution in [3.05, 3.63) is 49.8 Å². The zero-order valence-corrected chi connectivity index (χ0v) is 17.9. The summed E-state index contributed by atoms with van der Waals surface area (Å²) < 4.78 is 0. The Morgan fingerprint density at radius 1 is 1.27 bits per heavy atom. The van der Waals surface area contributed by atoms with E-state index in [2.05, 4.69) is 11.9 Å². The van der Waals surface area contributed by atoms with Crippen molar-refractivity contribution < 1.29 is 9.59 Å². The Kier molecular flexibility index (Phi) is 4.97. The number of amides is 2. The molecule has 0 radical (unpaired) electrons. The maximum atomic E-state index is 13.0. The van der Waals surface area contributed by atoms with Crippen molar-refractivity contribution in [2.24, 2.45) is 11.8 Å². The fraction of sp³-hybridized carbons (Fsp3) is 0.545. The van der Waals surface area contributed by atoms with Crippen molar-refractivity contribution in [3.8, 4) is 0 Å². The molecule has 1 saturated carbocycles. The molecule has 8 heteroatoms. The van der Waals surface area contributed by atoms with Gasteiger partial charge < -0.3 is 14.8 Å². The minimum absolute atomic E-state index is 0.0172. The van der Waals surface area contributed by atoms with Crippen LogP contribution < -0.4 is 5.56 Å². The van der Waals surface area contributed by atoms with E-state index in [-0.39, 0.29) is 29.3 Å². The van der Waals surface area contributed by atoms with Gasteiger partial charge in [-0.1, -0.05) is 13.0 Å². The number of nitrogens with one attached hydrogen (secondary N) is 1. The van der Waals surface area contributed by atoms with Crippen LogP contribution in [0.3, 0.4) is 0 Å². The maximum absolute atomic E-state index is 13.0. The molecule has 2 fully saturated rings. The first-order valence-electron chi connectivity index (χ1n) is 10.8.